The van der Waals surface area contributed by atoms with Gasteiger partial charge in [0.2, 0.25) is 0 Å². The third-order valence-corrected chi connectivity index (χ3v) is 5.37. The summed E-state index contributed by atoms with van der Waals surface area (Å²) in [5.74, 6) is 0.717. The summed E-state index contributed by atoms with van der Waals surface area (Å²) < 4.78 is 23.1. The van der Waals surface area contributed by atoms with Gasteiger partial charge >= 0.3 is 0 Å². The summed E-state index contributed by atoms with van der Waals surface area (Å²) in [4.78, 5) is 0. The molecule has 1 unspecified atom stereocenters. The van der Waals surface area contributed by atoms with Crippen LogP contribution < -0.4 is 5.32 Å². The molecule has 0 aromatic carbocycles. The van der Waals surface area contributed by atoms with E-state index in [2.05, 4.69) is 19.2 Å². The van der Waals surface area contributed by atoms with E-state index in [0.29, 0.717) is 11.7 Å². The van der Waals surface area contributed by atoms with Crippen molar-refractivity contribution >= 4 is 9.84 Å². The number of hydrogen-bond donors (Lipinski definition) is 1. The maximum absolute atomic E-state index is 11.9. The highest BCUT2D eigenvalue weighted by atomic mass is 32.2. The maximum atomic E-state index is 11.9. The van der Waals surface area contributed by atoms with E-state index < -0.39 is 14.6 Å². The highest BCUT2D eigenvalue weighted by molar-refractivity contribution is 7.92. The Kier molecular flexibility index (Phi) is 6.56. The van der Waals surface area contributed by atoms with Gasteiger partial charge in [-0.2, -0.15) is 0 Å². The Morgan fingerprint density at radius 2 is 1.81 bits per heavy atom. The van der Waals surface area contributed by atoms with Gasteiger partial charge in [-0.05, 0) is 52.6 Å². The standard InChI is InChI=1S/C12H27NO2S/c1-6-8-13-10-11(2)7-9-16(14,15)12(3,4)5/h11,13H,6-10H2,1-5H3. The predicted molar refractivity (Wildman–Crippen MR) is 70.5 cm³/mol. The fourth-order valence-electron chi connectivity index (χ4n) is 1.29. The predicted octanol–water partition coefficient (Wildman–Crippen LogP) is 2.23. The van der Waals surface area contributed by atoms with Crippen LogP contribution in [0.25, 0.3) is 0 Å². The van der Waals surface area contributed by atoms with Crippen LogP contribution in [0.2, 0.25) is 0 Å². The lowest BCUT2D eigenvalue weighted by atomic mass is 10.1. The monoisotopic (exact) mass is 249 g/mol. The van der Waals surface area contributed by atoms with Crippen molar-refractivity contribution in [2.45, 2.75) is 52.2 Å². The molecule has 98 valence electrons. The summed E-state index contributed by atoms with van der Waals surface area (Å²) in [7, 11) is -2.95. The minimum Gasteiger partial charge on any atom is -0.316 e. The molecule has 0 aromatic rings. The number of sulfone groups is 1. The molecule has 0 amide bonds. The maximum Gasteiger partial charge on any atom is 0.155 e. The van der Waals surface area contributed by atoms with Crippen LogP contribution in [0.15, 0.2) is 0 Å². The summed E-state index contributed by atoms with van der Waals surface area (Å²) in [5, 5.41) is 3.31. The minimum absolute atomic E-state index is 0.297. The van der Waals surface area contributed by atoms with Crippen molar-refractivity contribution in [2.75, 3.05) is 18.8 Å². The zero-order chi connectivity index (χ0) is 12.8. The zero-order valence-corrected chi connectivity index (χ0v) is 12.2. The molecule has 0 aliphatic carbocycles. The first-order valence-electron chi connectivity index (χ1n) is 6.13. The second-order valence-corrected chi connectivity index (χ2v) is 8.39. The molecule has 0 radical (unpaired) electrons. The summed E-state index contributed by atoms with van der Waals surface area (Å²) in [6, 6.07) is 0. The molecule has 0 bridgehead atoms. The molecule has 3 nitrogen and oxygen atoms in total. The fourth-order valence-corrected chi connectivity index (χ4v) is 2.61. The average Bonchev–Trinajstić information content (AvgIpc) is 2.13. The van der Waals surface area contributed by atoms with E-state index in [4.69, 9.17) is 0 Å². The molecule has 0 aliphatic heterocycles. The highest BCUT2D eigenvalue weighted by Gasteiger charge is 2.28. The number of hydrogen-bond acceptors (Lipinski definition) is 3. The molecule has 0 heterocycles. The van der Waals surface area contributed by atoms with E-state index >= 15 is 0 Å². The molecule has 1 atom stereocenters. The van der Waals surface area contributed by atoms with Crippen LogP contribution in [0.3, 0.4) is 0 Å². The first kappa shape index (κ1) is 15.9. The Bertz CT molecular complexity index is 278. The van der Waals surface area contributed by atoms with Gasteiger partial charge < -0.3 is 5.32 Å². The largest absolute Gasteiger partial charge is 0.316 e. The molecule has 0 rings (SSSR count). The molecular weight excluding hydrogens is 222 g/mol. The first-order valence-corrected chi connectivity index (χ1v) is 7.79. The molecule has 0 saturated heterocycles. The van der Waals surface area contributed by atoms with Crippen LogP contribution in [0.4, 0.5) is 0 Å². The second kappa shape index (κ2) is 6.60. The Balaban J connectivity index is 3.97. The SMILES string of the molecule is CCCNCC(C)CCS(=O)(=O)C(C)(C)C. The van der Waals surface area contributed by atoms with Gasteiger partial charge in [0.15, 0.2) is 9.84 Å². The van der Waals surface area contributed by atoms with Crippen LogP contribution >= 0.6 is 0 Å². The van der Waals surface area contributed by atoms with E-state index in [-0.39, 0.29) is 0 Å². The molecule has 16 heavy (non-hydrogen) atoms. The van der Waals surface area contributed by atoms with Crippen molar-refractivity contribution in [3.05, 3.63) is 0 Å². The first-order chi connectivity index (χ1) is 7.20. The van der Waals surface area contributed by atoms with Crippen molar-refractivity contribution in [3.8, 4) is 0 Å². The third-order valence-electron chi connectivity index (χ3n) is 2.73. The zero-order valence-electron chi connectivity index (χ0n) is 11.3. The van der Waals surface area contributed by atoms with Gasteiger partial charge in [-0.1, -0.05) is 13.8 Å². The van der Waals surface area contributed by atoms with Gasteiger partial charge in [0.1, 0.15) is 0 Å². The molecule has 4 heteroatoms. The van der Waals surface area contributed by atoms with Crippen molar-refractivity contribution in [1.82, 2.24) is 5.32 Å². The fraction of sp³-hybridized carbons (Fsp3) is 1.00. The van der Waals surface area contributed by atoms with Crippen LogP contribution in [-0.2, 0) is 9.84 Å². The minimum atomic E-state index is -2.95. The Morgan fingerprint density at radius 3 is 2.25 bits per heavy atom. The summed E-state index contributed by atoms with van der Waals surface area (Å²) >= 11 is 0. The van der Waals surface area contributed by atoms with E-state index in [1.165, 1.54) is 0 Å². The Labute approximate surface area is 101 Å². The van der Waals surface area contributed by atoms with Crippen LogP contribution in [-0.4, -0.2) is 32.0 Å². The van der Waals surface area contributed by atoms with E-state index in [1.807, 2.05) is 0 Å². The van der Waals surface area contributed by atoms with Gasteiger partial charge in [0.05, 0.1) is 10.5 Å². The van der Waals surface area contributed by atoms with Crippen LogP contribution in [0, 0.1) is 5.92 Å². The van der Waals surface area contributed by atoms with Gasteiger partial charge in [-0.15, -0.1) is 0 Å². The normalized spacial score (nSPS) is 15.1. The number of rotatable bonds is 7. The second-order valence-electron chi connectivity index (χ2n) is 5.53. The topological polar surface area (TPSA) is 46.2 Å². The van der Waals surface area contributed by atoms with Gasteiger partial charge in [-0.25, -0.2) is 8.42 Å². The molecule has 0 aromatic heterocycles. The van der Waals surface area contributed by atoms with E-state index in [9.17, 15) is 8.42 Å². The molecule has 0 aliphatic rings. The lowest BCUT2D eigenvalue weighted by Gasteiger charge is -2.20. The molecule has 0 spiro atoms. The van der Waals surface area contributed by atoms with Crippen LogP contribution in [0.5, 0.6) is 0 Å². The van der Waals surface area contributed by atoms with Crippen molar-refractivity contribution in [3.63, 3.8) is 0 Å². The lowest BCUT2D eigenvalue weighted by Crippen LogP contribution is -2.32. The van der Waals surface area contributed by atoms with Crippen molar-refractivity contribution < 1.29 is 8.42 Å². The van der Waals surface area contributed by atoms with Gasteiger partial charge in [0, 0.05) is 0 Å². The van der Waals surface area contributed by atoms with Gasteiger partial charge in [-0.3, -0.25) is 0 Å². The third kappa shape index (κ3) is 5.85. The number of nitrogens with one attached hydrogen (secondary N) is 1. The average molecular weight is 249 g/mol. The molecule has 0 fully saturated rings. The van der Waals surface area contributed by atoms with Crippen molar-refractivity contribution in [2.24, 2.45) is 5.92 Å². The summed E-state index contributed by atoms with van der Waals surface area (Å²) in [6.45, 7) is 11.4. The molecule has 0 saturated carbocycles. The Morgan fingerprint density at radius 1 is 1.25 bits per heavy atom. The molecule has 1 N–H and O–H groups in total. The van der Waals surface area contributed by atoms with E-state index in [0.717, 1.165) is 25.9 Å². The summed E-state index contributed by atoms with van der Waals surface area (Å²) in [5.41, 5.74) is 0. The molecular formula is C12H27NO2S. The van der Waals surface area contributed by atoms with Crippen LogP contribution in [0.1, 0.15) is 47.5 Å². The summed E-state index contributed by atoms with van der Waals surface area (Å²) in [6.07, 6.45) is 1.86. The lowest BCUT2D eigenvalue weighted by molar-refractivity contribution is 0.491. The quantitative estimate of drug-likeness (QED) is 0.704. The van der Waals surface area contributed by atoms with E-state index in [1.54, 1.807) is 20.8 Å². The van der Waals surface area contributed by atoms with Gasteiger partial charge in [0.25, 0.3) is 0 Å². The highest BCUT2D eigenvalue weighted by Crippen LogP contribution is 2.18. The smallest absolute Gasteiger partial charge is 0.155 e. The Hall–Kier alpha value is -0.0900. The van der Waals surface area contributed by atoms with Crippen molar-refractivity contribution in [1.29, 1.82) is 0 Å².